The maximum Gasteiger partial charge on any atom is 0.251 e. The van der Waals surface area contributed by atoms with Crippen molar-refractivity contribution in [3.05, 3.63) is 33.4 Å². The quantitative estimate of drug-likeness (QED) is 0.612. The number of nitrogens with one attached hydrogen (secondary N) is 1. The molecule has 1 aromatic carbocycles. The molecule has 1 aromatic rings. The zero-order chi connectivity index (χ0) is 12.2. The van der Waals surface area contributed by atoms with Crippen molar-refractivity contribution < 1.29 is 4.79 Å². The minimum absolute atomic E-state index is 0.00975. The number of amides is 1. The summed E-state index contributed by atoms with van der Waals surface area (Å²) in [6, 6.07) is 7.59. The summed E-state index contributed by atoms with van der Waals surface area (Å²) >= 11 is 5.60. The highest BCUT2D eigenvalue weighted by Crippen LogP contribution is 2.13. The van der Waals surface area contributed by atoms with Crippen LogP contribution in [0.4, 0.5) is 0 Å². The van der Waals surface area contributed by atoms with Crippen molar-refractivity contribution in [1.82, 2.24) is 5.32 Å². The van der Waals surface area contributed by atoms with Gasteiger partial charge in [-0.05, 0) is 61.1 Å². The number of alkyl halides is 1. The Hall–Kier alpha value is -0.100. The Morgan fingerprint density at radius 1 is 1.50 bits per heavy atom. The monoisotopic (exact) mass is 395 g/mol. The van der Waals surface area contributed by atoms with Gasteiger partial charge in [0.25, 0.3) is 5.91 Å². The van der Waals surface area contributed by atoms with Gasteiger partial charge in [-0.1, -0.05) is 22.0 Å². The highest BCUT2D eigenvalue weighted by atomic mass is 127. The first-order valence-corrected chi connectivity index (χ1v) is 7.29. The maximum atomic E-state index is 12.0. The molecule has 0 saturated heterocycles. The lowest BCUT2D eigenvalue weighted by atomic mass is 10.0. The normalized spacial score (nSPS) is 11.2. The van der Waals surface area contributed by atoms with Crippen LogP contribution in [-0.2, 0) is 0 Å². The van der Waals surface area contributed by atoms with Gasteiger partial charge in [-0.2, -0.15) is 0 Å². The van der Waals surface area contributed by atoms with E-state index in [1.54, 1.807) is 0 Å². The fraction of sp³-hybridized carbons (Fsp3) is 0.417. The van der Waals surface area contributed by atoms with Crippen molar-refractivity contribution in [2.45, 2.75) is 25.8 Å². The molecule has 2 nitrogen and oxygen atoms in total. The Labute approximate surface area is 118 Å². The molecule has 0 radical (unpaired) electrons. The van der Waals surface area contributed by atoms with E-state index in [4.69, 9.17) is 0 Å². The molecule has 4 heteroatoms. The molecule has 0 aliphatic carbocycles. The largest absolute Gasteiger partial charge is 0.347 e. The molecule has 0 bridgehead atoms. The van der Waals surface area contributed by atoms with Gasteiger partial charge in [0, 0.05) is 20.0 Å². The van der Waals surface area contributed by atoms with Gasteiger partial charge in [-0.15, -0.1) is 0 Å². The van der Waals surface area contributed by atoms with Crippen molar-refractivity contribution in [3.8, 4) is 0 Å². The summed E-state index contributed by atoms with van der Waals surface area (Å²) in [7, 11) is 0. The predicted molar refractivity (Wildman–Crippen MR) is 79.1 cm³/mol. The zero-order valence-electron chi connectivity index (χ0n) is 9.39. The molecule has 1 amide bonds. The maximum absolute atomic E-state index is 12.0. The third-order valence-corrected chi connectivity index (χ3v) is 3.33. The molecule has 88 valence electrons. The molecule has 0 aliphatic rings. The molecule has 0 aliphatic heterocycles. The lowest BCUT2D eigenvalue weighted by Crippen LogP contribution is -2.43. The third kappa shape index (κ3) is 4.41. The van der Waals surface area contributed by atoms with Crippen LogP contribution in [0, 0.1) is 3.57 Å². The summed E-state index contributed by atoms with van der Waals surface area (Å²) < 4.78 is 1.07. The third-order valence-electron chi connectivity index (χ3n) is 2.26. The van der Waals surface area contributed by atoms with E-state index in [1.807, 2.05) is 38.1 Å². The van der Waals surface area contributed by atoms with E-state index in [0.717, 1.165) is 20.9 Å². The molecular formula is C12H15BrINO. The molecule has 0 spiro atoms. The molecule has 1 rings (SSSR count). The summed E-state index contributed by atoms with van der Waals surface area (Å²) in [5.74, 6) is -0.00975. The predicted octanol–water partition coefficient (Wildman–Crippen LogP) is 3.58. The van der Waals surface area contributed by atoms with E-state index in [-0.39, 0.29) is 11.4 Å². The summed E-state index contributed by atoms with van der Waals surface area (Å²) in [4.78, 5) is 12.0. The highest BCUT2D eigenvalue weighted by Gasteiger charge is 2.20. The minimum Gasteiger partial charge on any atom is -0.347 e. The summed E-state index contributed by atoms with van der Waals surface area (Å²) in [5, 5.41) is 3.91. The Kier molecular flexibility index (Phi) is 5.24. The van der Waals surface area contributed by atoms with E-state index in [1.165, 1.54) is 0 Å². The van der Waals surface area contributed by atoms with Gasteiger partial charge >= 0.3 is 0 Å². The van der Waals surface area contributed by atoms with E-state index in [9.17, 15) is 4.79 Å². The Morgan fingerprint density at radius 2 is 2.19 bits per heavy atom. The van der Waals surface area contributed by atoms with Gasteiger partial charge in [-0.25, -0.2) is 0 Å². The smallest absolute Gasteiger partial charge is 0.251 e. The molecule has 0 unspecified atom stereocenters. The molecule has 0 fully saturated rings. The van der Waals surface area contributed by atoms with Gasteiger partial charge in [0.2, 0.25) is 0 Å². The van der Waals surface area contributed by atoms with Gasteiger partial charge in [-0.3, -0.25) is 4.79 Å². The van der Waals surface area contributed by atoms with Gasteiger partial charge in [0.1, 0.15) is 0 Å². The van der Waals surface area contributed by atoms with Crippen LogP contribution in [0.1, 0.15) is 30.6 Å². The molecule has 0 saturated carbocycles. The van der Waals surface area contributed by atoms with Crippen molar-refractivity contribution in [2.75, 3.05) is 5.33 Å². The van der Waals surface area contributed by atoms with E-state index >= 15 is 0 Å². The van der Waals surface area contributed by atoms with Crippen LogP contribution in [0.3, 0.4) is 0 Å². The first-order valence-electron chi connectivity index (χ1n) is 5.09. The lowest BCUT2D eigenvalue weighted by Gasteiger charge is -2.25. The summed E-state index contributed by atoms with van der Waals surface area (Å²) in [6.07, 6.45) is 0.905. The first kappa shape index (κ1) is 14.0. The molecular weight excluding hydrogens is 381 g/mol. The zero-order valence-corrected chi connectivity index (χ0v) is 13.1. The Bertz CT molecular complexity index is 379. The van der Waals surface area contributed by atoms with Crippen LogP contribution in [0.2, 0.25) is 0 Å². The van der Waals surface area contributed by atoms with Gasteiger partial charge in [0.05, 0.1) is 0 Å². The van der Waals surface area contributed by atoms with Crippen molar-refractivity contribution in [1.29, 1.82) is 0 Å². The highest BCUT2D eigenvalue weighted by molar-refractivity contribution is 14.1. The van der Waals surface area contributed by atoms with E-state index in [0.29, 0.717) is 0 Å². The number of benzene rings is 1. The summed E-state index contributed by atoms with van der Waals surface area (Å²) in [6.45, 7) is 4.06. The van der Waals surface area contributed by atoms with Crippen molar-refractivity contribution in [3.63, 3.8) is 0 Å². The lowest BCUT2D eigenvalue weighted by molar-refractivity contribution is 0.0912. The van der Waals surface area contributed by atoms with Gasteiger partial charge < -0.3 is 5.32 Å². The van der Waals surface area contributed by atoms with E-state index < -0.39 is 0 Å². The van der Waals surface area contributed by atoms with Gasteiger partial charge in [0.15, 0.2) is 0 Å². The van der Waals surface area contributed by atoms with E-state index in [2.05, 4.69) is 43.8 Å². The second kappa shape index (κ2) is 6.00. The Morgan fingerprint density at radius 3 is 2.75 bits per heavy atom. The molecule has 1 N–H and O–H groups in total. The fourth-order valence-electron chi connectivity index (χ4n) is 1.31. The number of hydrogen-bond donors (Lipinski definition) is 1. The van der Waals surface area contributed by atoms with Crippen LogP contribution in [-0.4, -0.2) is 16.8 Å². The number of carbonyl (C=O) groups is 1. The Balaban J connectivity index is 2.72. The van der Waals surface area contributed by atoms with Crippen LogP contribution >= 0.6 is 38.5 Å². The second-order valence-corrected chi connectivity index (χ2v) is 6.33. The standard InChI is InChI=1S/C12H15BrINO/c1-12(2,6-7-13)15-11(16)9-4-3-5-10(14)8-9/h3-5,8H,6-7H2,1-2H3,(H,15,16). The number of rotatable bonds is 4. The second-order valence-electron chi connectivity index (χ2n) is 4.29. The molecule has 0 atom stereocenters. The van der Waals surface area contributed by atoms with Crippen molar-refractivity contribution >= 4 is 44.4 Å². The fourth-order valence-corrected chi connectivity index (χ4v) is 2.84. The van der Waals surface area contributed by atoms with Crippen LogP contribution < -0.4 is 5.32 Å². The average molecular weight is 396 g/mol. The van der Waals surface area contributed by atoms with Crippen LogP contribution in [0.25, 0.3) is 0 Å². The molecule has 16 heavy (non-hydrogen) atoms. The summed E-state index contributed by atoms with van der Waals surface area (Å²) in [5.41, 5.74) is 0.538. The SMILES string of the molecule is CC(C)(CCBr)NC(=O)c1cccc(I)c1. The average Bonchev–Trinajstić information content (AvgIpc) is 2.16. The topological polar surface area (TPSA) is 29.1 Å². The number of hydrogen-bond acceptors (Lipinski definition) is 1. The number of carbonyl (C=O) groups excluding carboxylic acids is 1. The first-order chi connectivity index (χ1) is 7.44. The molecule has 0 heterocycles. The number of halogens is 2. The van der Waals surface area contributed by atoms with Crippen LogP contribution in [0.5, 0.6) is 0 Å². The minimum atomic E-state index is -0.179. The molecule has 0 aromatic heterocycles. The van der Waals surface area contributed by atoms with Crippen LogP contribution in [0.15, 0.2) is 24.3 Å². The van der Waals surface area contributed by atoms with Crippen molar-refractivity contribution in [2.24, 2.45) is 0 Å².